The standard InChI is InChI=1S/C21H19N5O4/c1-13-2-5-16(23-20(27)14-3-4-14)10-19(13)24-21(28)15-11-22-25(12-15)17-6-8-18(9-7-17)26(29)30/h2,5-12,14H,3-4H2,1H3,(H,23,27)(H,24,28). The fourth-order valence-electron chi connectivity index (χ4n) is 2.93. The Hall–Kier alpha value is -4.01. The topological polar surface area (TPSA) is 119 Å². The van der Waals surface area contributed by atoms with E-state index < -0.39 is 4.92 Å². The molecule has 2 N–H and O–H groups in total. The van der Waals surface area contributed by atoms with E-state index in [-0.39, 0.29) is 23.4 Å². The van der Waals surface area contributed by atoms with Gasteiger partial charge in [0.2, 0.25) is 5.91 Å². The number of non-ortho nitro benzene ring substituents is 1. The lowest BCUT2D eigenvalue weighted by Gasteiger charge is -2.11. The third-order valence-corrected chi connectivity index (χ3v) is 4.87. The molecule has 0 spiro atoms. The summed E-state index contributed by atoms with van der Waals surface area (Å²) in [5.41, 5.74) is 3.00. The van der Waals surface area contributed by atoms with Crippen LogP contribution < -0.4 is 10.6 Å². The molecule has 0 unspecified atom stereocenters. The normalized spacial score (nSPS) is 13.0. The van der Waals surface area contributed by atoms with Crippen LogP contribution in [0.2, 0.25) is 0 Å². The monoisotopic (exact) mass is 405 g/mol. The average molecular weight is 405 g/mol. The summed E-state index contributed by atoms with van der Waals surface area (Å²) in [7, 11) is 0. The number of rotatable bonds is 6. The number of hydrogen-bond donors (Lipinski definition) is 2. The summed E-state index contributed by atoms with van der Waals surface area (Å²) in [6.45, 7) is 1.86. The second kappa shape index (κ2) is 7.78. The molecule has 152 valence electrons. The minimum absolute atomic E-state index is 0.000466. The number of nitrogens with one attached hydrogen (secondary N) is 2. The molecule has 0 aliphatic heterocycles. The highest BCUT2D eigenvalue weighted by molar-refractivity contribution is 6.05. The van der Waals surface area contributed by atoms with Crippen LogP contribution in [0.5, 0.6) is 0 Å². The van der Waals surface area contributed by atoms with Crippen molar-refractivity contribution in [2.45, 2.75) is 19.8 Å². The number of nitro benzene ring substituents is 1. The van der Waals surface area contributed by atoms with E-state index in [0.29, 0.717) is 22.6 Å². The van der Waals surface area contributed by atoms with Gasteiger partial charge in [-0.15, -0.1) is 0 Å². The van der Waals surface area contributed by atoms with E-state index in [1.54, 1.807) is 30.5 Å². The predicted octanol–water partition coefficient (Wildman–Crippen LogP) is 3.69. The summed E-state index contributed by atoms with van der Waals surface area (Å²) >= 11 is 0. The minimum Gasteiger partial charge on any atom is -0.326 e. The average Bonchev–Trinajstić information content (AvgIpc) is 3.47. The van der Waals surface area contributed by atoms with Crippen LogP contribution in [0.25, 0.3) is 5.69 Å². The molecule has 4 rings (SSSR count). The highest BCUT2D eigenvalue weighted by atomic mass is 16.6. The number of aromatic nitrogens is 2. The first kappa shape index (κ1) is 19.3. The SMILES string of the molecule is Cc1ccc(NC(=O)C2CC2)cc1NC(=O)c1cnn(-c2ccc([N+](=O)[O-])cc2)c1. The van der Waals surface area contributed by atoms with Gasteiger partial charge >= 0.3 is 0 Å². The Balaban J connectivity index is 1.47. The lowest BCUT2D eigenvalue weighted by molar-refractivity contribution is -0.384. The van der Waals surface area contributed by atoms with Gasteiger partial charge in [0, 0.05) is 35.6 Å². The molecule has 30 heavy (non-hydrogen) atoms. The van der Waals surface area contributed by atoms with Crippen LogP contribution in [0.1, 0.15) is 28.8 Å². The van der Waals surface area contributed by atoms with Crippen LogP contribution in [0.3, 0.4) is 0 Å². The van der Waals surface area contributed by atoms with Crippen molar-refractivity contribution in [2.24, 2.45) is 5.92 Å². The third-order valence-electron chi connectivity index (χ3n) is 4.87. The molecule has 0 radical (unpaired) electrons. The van der Waals surface area contributed by atoms with E-state index in [1.165, 1.54) is 23.0 Å². The maximum atomic E-state index is 12.7. The Kier molecular flexibility index (Phi) is 5.01. The van der Waals surface area contributed by atoms with Gasteiger partial charge in [-0.2, -0.15) is 5.10 Å². The van der Waals surface area contributed by atoms with Crippen molar-refractivity contribution in [3.05, 3.63) is 76.1 Å². The number of carbonyl (C=O) groups excluding carboxylic acids is 2. The summed E-state index contributed by atoms with van der Waals surface area (Å²) in [6, 6.07) is 11.2. The molecule has 1 saturated carbocycles. The number of benzene rings is 2. The lowest BCUT2D eigenvalue weighted by atomic mass is 10.1. The van der Waals surface area contributed by atoms with E-state index in [2.05, 4.69) is 15.7 Å². The van der Waals surface area contributed by atoms with Crippen LogP contribution in [-0.4, -0.2) is 26.5 Å². The minimum atomic E-state index is -0.477. The van der Waals surface area contributed by atoms with Crippen LogP contribution in [-0.2, 0) is 4.79 Å². The van der Waals surface area contributed by atoms with E-state index in [1.807, 2.05) is 13.0 Å². The molecule has 2 aromatic carbocycles. The van der Waals surface area contributed by atoms with E-state index >= 15 is 0 Å². The Morgan fingerprint density at radius 1 is 1.13 bits per heavy atom. The first-order valence-corrected chi connectivity index (χ1v) is 9.43. The molecule has 9 heteroatoms. The van der Waals surface area contributed by atoms with Gasteiger partial charge in [-0.3, -0.25) is 19.7 Å². The molecule has 9 nitrogen and oxygen atoms in total. The van der Waals surface area contributed by atoms with Gasteiger partial charge in [-0.1, -0.05) is 6.07 Å². The van der Waals surface area contributed by atoms with E-state index in [4.69, 9.17) is 0 Å². The zero-order chi connectivity index (χ0) is 21.3. The van der Waals surface area contributed by atoms with Crippen LogP contribution in [0, 0.1) is 23.0 Å². The highest BCUT2D eigenvalue weighted by Gasteiger charge is 2.29. The van der Waals surface area contributed by atoms with Crippen molar-refractivity contribution in [1.29, 1.82) is 0 Å². The number of amides is 2. The quantitative estimate of drug-likeness (QED) is 0.479. The first-order valence-electron chi connectivity index (χ1n) is 9.43. The van der Waals surface area contributed by atoms with Crippen molar-refractivity contribution in [1.82, 2.24) is 9.78 Å². The van der Waals surface area contributed by atoms with Gasteiger partial charge in [0.25, 0.3) is 11.6 Å². The smallest absolute Gasteiger partial charge is 0.269 e. The Morgan fingerprint density at radius 2 is 1.87 bits per heavy atom. The molecule has 1 heterocycles. The predicted molar refractivity (Wildman–Crippen MR) is 111 cm³/mol. The van der Waals surface area contributed by atoms with E-state index in [9.17, 15) is 19.7 Å². The van der Waals surface area contributed by atoms with Gasteiger partial charge in [0.15, 0.2) is 0 Å². The van der Waals surface area contributed by atoms with Crippen molar-refractivity contribution in [2.75, 3.05) is 10.6 Å². The molecule has 1 aliphatic rings. The van der Waals surface area contributed by atoms with Gasteiger partial charge < -0.3 is 10.6 Å². The molecule has 1 fully saturated rings. The van der Waals surface area contributed by atoms with Gasteiger partial charge in [-0.25, -0.2) is 4.68 Å². The first-order chi connectivity index (χ1) is 14.4. The molecule has 0 atom stereocenters. The molecule has 1 aliphatic carbocycles. The molecular weight excluding hydrogens is 386 g/mol. The highest BCUT2D eigenvalue weighted by Crippen LogP contribution is 2.31. The largest absolute Gasteiger partial charge is 0.326 e. The number of hydrogen-bond acceptors (Lipinski definition) is 5. The molecule has 2 amide bonds. The summed E-state index contributed by atoms with van der Waals surface area (Å²) in [5, 5.41) is 20.6. The molecular formula is C21H19N5O4. The maximum Gasteiger partial charge on any atom is 0.269 e. The molecule has 0 bridgehead atoms. The number of nitro groups is 1. The number of nitrogens with zero attached hydrogens (tertiary/aromatic N) is 3. The summed E-state index contributed by atoms with van der Waals surface area (Å²) in [5.74, 6) is -0.257. The fraction of sp³-hybridized carbons (Fsp3) is 0.190. The van der Waals surface area contributed by atoms with Crippen molar-refractivity contribution < 1.29 is 14.5 Å². The third kappa shape index (κ3) is 4.19. The van der Waals surface area contributed by atoms with Crippen LogP contribution >= 0.6 is 0 Å². The van der Waals surface area contributed by atoms with Crippen LogP contribution in [0.4, 0.5) is 17.1 Å². The summed E-state index contributed by atoms with van der Waals surface area (Å²) < 4.78 is 1.47. The van der Waals surface area contributed by atoms with Gasteiger partial charge in [0.1, 0.15) is 0 Å². The lowest BCUT2D eigenvalue weighted by Crippen LogP contribution is -2.15. The van der Waals surface area contributed by atoms with Crippen molar-refractivity contribution in [3.63, 3.8) is 0 Å². The molecule has 0 saturated heterocycles. The second-order valence-electron chi connectivity index (χ2n) is 7.19. The number of carbonyl (C=O) groups is 2. The van der Waals surface area contributed by atoms with Gasteiger partial charge in [0.05, 0.1) is 22.4 Å². The Labute approximate surface area is 171 Å². The van der Waals surface area contributed by atoms with Gasteiger partial charge in [-0.05, 0) is 49.6 Å². The summed E-state index contributed by atoms with van der Waals surface area (Å²) in [4.78, 5) is 34.9. The Morgan fingerprint density at radius 3 is 2.53 bits per heavy atom. The van der Waals surface area contributed by atoms with Crippen molar-refractivity contribution >= 4 is 28.9 Å². The fourth-order valence-corrected chi connectivity index (χ4v) is 2.93. The number of anilines is 2. The maximum absolute atomic E-state index is 12.7. The molecule has 1 aromatic heterocycles. The van der Waals surface area contributed by atoms with E-state index in [0.717, 1.165) is 18.4 Å². The van der Waals surface area contributed by atoms with Crippen LogP contribution in [0.15, 0.2) is 54.9 Å². The summed E-state index contributed by atoms with van der Waals surface area (Å²) in [6.07, 6.45) is 4.80. The van der Waals surface area contributed by atoms with Crippen molar-refractivity contribution in [3.8, 4) is 5.69 Å². The molecule has 3 aromatic rings. The number of aryl methyl sites for hydroxylation is 1. The Bertz CT molecular complexity index is 1130. The second-order valence-corrected chi connectivity index (χ2v) is 7.19. The zero-order valence-corrected chi connectivity index (χ0v) is 16.2. The zero-order valence-electron chi connectivity index (χ0n) is 16.2.